The zero-order valence-corrected chi connectivity index (χ0v) is 18.1. The molecule has 3 aromatic rings. The number of anilines is 1. The summed E-state index contributed by atoms with van der Waals surface area (Å²) in [6.07, 6.45) is -1.15. The Kier molecular flexibility index (Phi) is 5.37. The number of halogens is 3. The largest absolute Gasteiger partial charge is 0.408 e. The summed E-state index contributed by atoms with van der Waals surface area (Å²) in [4.78, 5) is 36.3. The number of pyridine rings is 2. The van der Waals surface area contributed by atoms with E-state index in [0.717, 1.165) is 4.90 Å². The average molecular weight is 473 g/mol. The van der Waals surface area contributed by atoms with Crippen molar-refractivity contribution < 1.29 is 22.8 Å². The number of carbonyl (C=O) groups excluding carboxylic acids is 2. The van der Waals surface area contributed by atoms with Gasteiger partial charge in [-0.2, -0.15) is 18.3 Å². The zero-order valence-electron chi connectivity index (χ0n) is 18.1. The highest BCUT2D eigenvalue weighted by atomic mass is 19.4. The van der Waals surface area contributed by atoms with E-state index in [2.05, 4.69) is 15.1 Å². The first-order valence-electron chi connectivity index (χ1n) is 10.9. The zero-order chi connectivity index (χ0) is 24.0. The first-order chi connectivity index (χ1) is 16.2. The molecule has 0 aromatic carbocycles. The summed E-state index contributed by atoms with van der Waals surface area (Å²) < 4.78 is 41.3. The standard InChI is InChI=1S/C22H22F3N7O2/c23-22(24,25)16-4-2-8-31(16)18(33)12-32-15-3-1-6-28-20(15)19(29-32)14-10-30(11-14)21(34)13-5-7-27-17(26)9-13/h1,3,5-7,9,14,16H,2,4,8,10-12H2,(H2,26,27)/t16-/m0/s1. The Morgan fingerprint density at radius 1 is 1.15 bits per heavy atom. The van der Waals surface area contributed by atoms with Crippen LogP contribution < -0.4 is 5.73 Å². The Labute approximate surface area is 192 Å². The number of nitrogen functional groups attached to an aromatic ring is 1. The minimum absolute atomic E-state index is 0.0759. The lowest BCUT2D eigenvalue weighted by molar-refractivity contribution is -0.183. The van der Waals surface area contributed by atoms with Gasteiger partial charge >= 0.3 is 6.18 Å². The monoisotopic (exact) mass is 473 g/mol. The van der Waals surface area contributed by atoms with Crippen molar-refractivity contribution in [1.82, 2.24) is 29.5 Å². The van der Waals surface area contributed by atoms with Crippen molar-refractivity contribution in [3.8, 4) is 0 Å². The minimum Gasteiger partial charge on any atom is -0.384 e. The number of rotatable bonds is 4. The lowest BCUT2D eigenvalue weighted by Crippen LogP contribution is -2.48. The van der Waals surface area contributed by atoms with E-state index in [1.165, 1.54) is 16.9 Å². The Bertz CT molecular complexity index is 1250. The van der Waals surface area contributed by atoms with Gasteiger partial charge in [0.1, 0.15) is 23.9 Å². The fraction of sp³-hybridized carbons (Fsp3) is 0.409. The van der Waals surface area contributed by atoms with E-state index < -0.39 is 18.1 Å². The second kappa shape index (κ2) is 8.26. The van der Waals surface area contributed by atoms with E-state index in [1.807, 2.05) is 0 Å². The second-order valence-electron chi connectivity index (χ2n) is 8.58. The molecule has 2 saturated heterocycles. The molecule has 12 heteroatoms. The Morgan fingerprint density at radius 2 is 1.94 bits per heavy atom. The maximum atomic E-state index is 13.3. The Morgan fingerprint density at radius 3 is 2.68 bits per heavy atom. The maximum absolute atomic E-state index is 13.3. The van der Waals surface area contributed by atoms with Crippen molar-refractivity contribution in [3.63, 3.8) is 0 Å². The number of alkyl halides is 3. The fourth-order valence-corrected chi connectivity index (χ4v) is 4.64. The van der Waals surface area contributed by atoms with Gasteiger partial charge in [0.05, 0.1) is 11.2 Å². The number of nitrogens with two attached hydrogens (primary N) is 1. The topological polar surface area (TPSA) is 110 Å². The van der Waals surface area contributed by atoms with E-state index >= 15 is 0 Å². The molecule has 5 rings (SSSR count). The summed E-state index contributed by atoms with van der Waals surface area (Å²) in [5, 5.41) is 4.55. The molecule has 2 aliphatic heterocycles. The maximum Gasteiger partial charge on any atom is 0.408 e. The molecule has 0 aliphatic carbocycles. The molecule has 0 radical (unpaired) electrons. The van der Waals surface area contributed by atoms with Crippen LogP contribution in [0, 0.1) is 0 Å². The molecule has 1 atom stereocenters. The summed E-state index contributed by atoms with van der Waals surface area (Å²) in [5.74, 6) is -0.649. The normalized spacial score (nSPS) is 19.0. The van der Waals surface area contributed by atoms with Crippen LogP contribution in [0.4, 0.5) is 19.0 Å². The molecular weight excluding hydrogens is 451 g/mol. The molecule has 2 amide bonds. The van der Waals surface area contributed by atoms with Crippen molar-refractivity contribution >= 4 is 28.7 Å². The molecule has 0 bridgehead atoms. The van der Waals surface area contributed by atoms with E-state index in [4.69, 9.17) is 5.73 Å². The molecule has 5 heterocycles. The summed E-state index contributed by atoms with van der Waals surface area (Å²) >= 11 is 0. The molecule has 0 saturated carbocycles. The van der Waals surface area contributed by atoms with Crippen LogP contribution >= 0.6 is 0 Å². The number of hydrogen-bond donors (Lipinski definition) is 1. The number of carbonyl (C=O) groups is 2. The van der Waals surface area contributed by atoms with Gasteiger partial charge < -0.3 is 15.5 Å². The molecule has 178 valence electrons. The van der Waals surface area contributed by atoms with Crippen molar-refractivity contribution in [2.75, 3.05) is 25.4 Å². The molecule has 9 nitrogen and oxygen atoms in total. The quantitative estimate of drug-likeness (QED) is 0.622. The second-order valence-corrected chi connectivity index (χ2v) is 8.58. The average Bonchev–Trinajstić information content (AvgIpc) is 3.39. The van der Waals surface area contributed by atoms with Crippen LogP contribution in [0.25, 0.3) is 11.0 Å². The lowest BCUT2D eigenvalue weighted by atomic mass is 9.94. The van der Waals surface area contributed by atoms with Gasteiger partial charge in [0.15, 0.2) is 0 Å². The number of nitrogens with zero attached hydrogens (tertiary/aromatic N) is 6. The van der Waals surface area contributed by atoms with E-state index in [-0.39, 0.29) is 37.2 Å². The van der Waals surface area contributed by atoms with E-state index in [0.29, 0.717) is 41.8 Å². The molecule has 2 fully saturated rings. The van der Waals surface area contributed by atoms with Crippen molar-refractivity contribution in [2.24, 2.45) is 0 Å². The third-order valence-electron chi connectivity index (χ3n) is 6.36. The van der Waals surface area contributed by atoms with Gasteiger partial charge in [-0.25, -0.2) is 4.98 Å². The number of amides is 2. The van der Waals surface area contributed by atoms with Crippen LogP contribution in [-0.4, -0.2) is 73.2 Å². The molecule has 0 spiro atoms. The van der Waals surface area contributed by atoms with Crippen LogP contribution in [-0.2, 0) is 11.3 Å². The number of fused-ring (bicyclic) bond motifs is 1. The van der Waals surface area contributed by atoms with Crippen LogP contribution in [0.15, 0.2) is 36.7 Å². The predicted molar refractivity (Wildman–Crippen MR) is 116 cm³/mol. The van der Waals surface area contributed by atoms with Gasteiger partial charge in [-0.05, 0) is 37.1 Å². The highest BCUT2D eigenvalue weighted by Crippen LogP contribution is 2.34. The van der Waals surface area contributed by atoms with Gasteiger partial charge in [-0.15, -0.1) is 0 Å². The third kappa shape index (κ3) is 3.93. The van der Waals surface area contributed by atoms with Crippen LogP contribution in [0.3, 0.4) is 0 Å². The van der Waals surface area contributed by atoms with Crippen LogP contribution in [0.1, 0.15) is 34.8 Å². The van der Waals surface area contributed by atoms with Gasteiger partial charge in [0, 0.05) is 43.5 Å². The Balaban J connectivity index is 1.34. The van der Waals surface area contributed by atoms with E-state index in [9.17, 15) is 22.8 Å². The van der Waals surface area contributed by atoms with Gasteiger partial charge in [-0.1, -0.05) is 0 Å². The first-order valence-corrected chi connectivity index (χ1v) is 10.9. The summed E-state index contributed by atoms with van der Waals surface area (Å²) in [6.45, 7) is 0.576. The summed E-state index contributed by atoms with van der Waals surface area (Å²) in [7, 11) is 0. The highest BCUT2D eigenvalue weighted by molar-refractivity contribution is 5.95. The molecule has 2 aliphatic rings. The van der Waals surface area contributed by atoms with Crippen LogP contribution in [0.2, 0.25) is 0 Å². The first kappa shape index (κ1) is 22.1. The number of likely N-dealkylation sites (tertiary alicyclic amines) is 2. The van der Waals surface area contributed by atoms with Crippen molar-refractivity contribution in [3.05, 3.63) is 47.9 Å². The minimum atomic E-state index is -4.45. The van der Waals surface area contributed by atoms with Crippen molar-refractivity contribution in [2.45, 2.75) is 37.5 Å². The molecule has 0 unspecified atom stereocenters. The van der Waals surface area contributed by atoms with Crippen LogP contribution in [0.5, 0.6) is 0 Å². The summed E-state index contributed by atoms with van der Waals surface area (Å²) in [6, 6.07) is 4.77. The van der Waals surface area contributed by atoms with Gasteiger partial charge in [-0.3, -0.25) is 19.3 Å². The lowest BCUT2D eigenvalue weighted by Gasteiger charge is -2.38. The molecule has 2 N–H and O–H groups in total. The number of aromatic nitrogens is 4. The summed E-state index contributed by atoms with van der Waals surface area (Å²) in [5.41, 5.74) is 7.87. The Hall–Kier alpha value is -3.70. The fourth-order valence-electron chi connectivity index (χ4n) is 4.64. The molecule has 3 aromatic heterocycles. The SMILES string of the molecule is Nc1cc(C(=O)N2CC(c3nn(CC(=O)N4CCC[C@H]4C(F)(F)F)c4cccnc34)C2)ccn1. The predicted octanol–water partition coefficient (Wildman–Crippen LogP) is 2.20. The van der Waals surface area contributed by atoms with Crippen molar-refractivity contribution in [1.29, 1.82) is 0 Å². The van der Waals surface area contributed by atoms with E-state index in [1.54, 1.807) is 29.3 Å². The van der Waals surface area contributed by atoms with Gasteiger partial charge in [0.25, 0.3) is 5.91 Å². The highest BCUT2D eigenvalue weighted by Gasteiger charge is 2.47. The smallest absolute Gasteiger partial charge is 0.384 e. The van der Waals surface area contributed by atoms with Gasteiger partial charge in [0.2, 0.25) is 5.91 Å². The number of hydrogen-bond acceptors (Lipinski definition) is 6. The molecule has 34 heavy (non-hydrogen) atoms. The molecular formula is C22H22F3N7O2. The third-order valence-corrected chi connectivity index (χ3v) is 6.36.